The molecule has 2 unspecified atom stereocenters. The molecule has 21 heavy (non-hydrogen) atoms. The van der Waals surface area contributed by atoms with Crippen molar-refractivity contribution >= 4 is 5.91 Å². The van der Waals surface area contributed by atoms with Gasteiger partial charge in [0.1, 0.15) is 6.17 Å². The van der Waals surface area contributed by atoms with Crippen LogP contribution < -0.4 is 5.32 Å². The number of aryl methyl sites for hydroxylation is 1. The molecule has 1 aliphatic heterocycles. The second-order valence-electron chi connectivity index (χ2n) is 6.06. The molecule has 1 aromatic carbocycles. The van der Waals surface area contributed by atoms with Gasteiger partial charge in [-0.15, -0.1) is 0 Å². The van der Waals surface area contributed by atoms with E-state index in [1.54, 1.807) is 0 Å². The van der Waals surface area contributed by atoms with Crippen molar-refractivity contribution in [3.8, 4) is 0 Å². The SMILES string of the molecule is CCc1ccc(C2NC(C)C(=O)N2CC(CC)CC)cc1. The van der Waals surface area contributed by atoms with Crippen molar-refractivity contribution in [2.75, 3.05) is 6.54 Å². The number of hydrogen-bond donors (Lipinski definition) is 1. The van der Waals surface area contributed by atoms with E-state index in [1.165, 1.54) is 11.1 Å². The third kappa shape index (κ3) is 3.46. The zero-order valence-corrected chi connectivity index (χ0v) is 13.7. The Morgan fingerprint density at radius 2 is 1.76 bits per heavy atom. The highest BCUT2D eigenvalue weighted by atomic mass is 16.2. The number of rotatable bonds is 6. The average Bonchev–Trinajstić information content (AvgIpc) is 2.80. The van der Waals surface area contributed by atoms with Crippen LogP contribution in [0.5, 0.6) is 0 Å². The Balaban J connectivity index is 2.20. The second kappa shape index (κ2) is 7.08. The fraction of sp³-hybridized carbons (Fsp3) is 0.611. The van der Waals surface area contributed by atoms with Gasteiger partial charge in [0.05, 0.1) is 6.04 Å². The van der Waals surface area contributed by atoms with E-state index in [0.717, 1.165) is 25.8 Å². The number of amides is 1. The predicted octanol–water partition coefficient (Wildman–Crippen LogP) is 3.50. The summed E-state index contributed by atoms with van der Waals surface area (Å²) in [6.07, 6.45) is 3.32. The van der Waals surface area contributed by atoms with Gasteiger partial charge >= 0.3 is 0 Å². The molecule has 0 spiro atoms. The molecule has 3 heteroatoms. The maximum atomic E-state index is 12.4. The van der Waals surface area contributed by atoms with Crippen LogP contribution in [0.1, 0.15) is 57.8 Å². The van der Waals surface area contributed by atoms with E-state index in [4.69, 9.17) is 0 Å². The van der Waals surface area contributed by atoms with E-state index in [-0.39, 0.29) is 18.1 Å². The number of benzene rings is 1. The molecule has 3 nitrogen and oxygen atoms in total. The average molecular weight is 288 g/mol. The summed E-state index contributed by atoms with van der Waals surface area (Å²) in [5.41, 5.74) is 2.53. The van der Waals surface area contributed by atoms with Crippen LogP contribution in [0.4, 0.5) is 0 Å². The Morgan fingerprint density at radius 1 is 1.14 bits per heavy atom. The van der Waals surface area contributed by atoms with Gasteiger partial charge in [-0.2, -0.15) is 0 Å². The minimum atomic E-state index is -0.0878. The molecule has 2 atom stereocenters. The number of nitrogens with one attached hydrogen (secondary N) is 1. The maximum absolute atomic E-state index is 12.4. The van der Waals surface area contributed by atoms with Gasteiger partial charge in [-0.25, -0.2) is 0 Å². The molecule has 1 aromatic rings. The lowest BCUT2D eigenvalue weighted by molar-refractivity contribution is -0.130. The van der Waals surface area contributed by atoms with Gasteiger partial charge in [-0.05, 0) is 30.4 Å². The van der Waals surface area contributed by atoms with Crippen molar-refractivity contribution in [2.24, 2.45) is 5.92 Å². The lowest BCUT2D eigenvalue weighted by atomic mass is 10.0. The van der Waals surface area contributed by atoms with Gasteiger partial charge < -0.3 is 4.90 Å². The number of hydrogen-bond acceptors (Lipinski definition) is 2. The standard InChI is InChI=1S/C18H28N2O/c1-5-14(6-2)12-20-17(19-13(4)18(20)21)16-10-8-15(7-3)9-11-16/h8-11,13-14,17,19H,5-7,12H2,1-4H3. The van der Waals surface area contributed by atoms with Crippen LogP contribution in [-0.4, -0.2) is 23.4 Å². The summed E-state index contributed by atoms with van der Waals surface area (Å²) in [5, 5.41) is 3.44. The Bertz CT molecular complexity index is 465. The summed E-state index contributed by atoms with van der Waals surface area (Å²) >= 11 is 0. The van der Waals surface area contributed by atoms with Crippen molar-refractivity contribution in [2.45, 2.75) is 59.2 Å². The third-order valence-corrected chi connectivity index (χ3v) is 4.69. The summed E-state index contributed by atoms with van der Waals surface area (Å²) < 4.78 is 0. The van der Waals surface area contributed by atoms with Crippen molar-refractivity contribution < 1.29 is 4.79 Å². The summed E-state index contributed by atoms with van der Waals surface area (Å²) in [5.74, 6) is 0.810. The highest BCUT2D eigenvalue weighted by molar-refractivity contribution is 5.84. The van der Waals surface area contributed by atoms with E-state index < -0.39 is 0 Å². The Labute approximate surface area is 128 Å². The normalized spacial score (nSPS) is 22.3. The molecule has 0 aromatic heterocycles. The van der Waals surface area contributed by atoms with Crippen molar-refractivity contribution in [1.29, 1.82) is 0 Å². The first-order chi connectivity index (χ1) is 10.1. The molecule has 0 aliphatic carbocycles. The molecule has 1 N–H and O–H groups in total. The van der Waals surface area contributed by atoms with E-state index in [2.05, 4.69) is 50.4 Å². The minimum Gasteiger partial charge on any atom is -0.321 e. The largest absolute Gasteiger partial charge is 0.321 e. The molecule has 1 amide bonds. The summed E-state index contributed by atoms with van der Waals surface area (Å²) in [4.78, 5) is 14.5. The molecule has 1 fully saturated rings. The first-order valence-corrected chi connectivity index (χ1v) is 8.26. The number of carbonyl (C=O) groups is 1. The molecule has 1 aliphatic rings. The van der Waals surface area contributed by atoms with E-state index in [1.807, 2.05) is 11.8 Å². The van der Waals surface area contributed by atoms with Crippen LogP contribution >= 0.6 is 0 Å². The van der Waals surface area contributed by atoms with E-state index in [0.29, 0.717) is 5.92 Å². The van der Waals surface area contributed by atoms with E-state index >= 15 is 0 Å². The minimum absolute atomic E-state index is 0.0269. The van der Waals surface area contributed by atoms with Crippen LogP contribution in [0.15, 0.2) is 24.3 Å². The Morgan fingerprint density at radius 3 is 2.29 bits per heavy atom. The van der Waals surface area contributed by atoms with Crippen LogP contribution in [0, 0.1) is 5.92 Å². The highest BCUT2D eigenvalue weighted by Crippen LogP contribution is 2.27. The zero-order chi connectivity index (χ0) is 15.4. The maximum Gasteiger partial charge on any atom is 0.241 e. The van der Waals surface area contributed by atoms with Gasteiger partial charge in [-0.1, -0.05) is 57.9 Å². The second-order valence-corrected chi connectivity index (χ2v) is 6.06. The molecule has 1 saturated heterocycles. The smallest absolute Gasteiger partial charge is 0.241 e. The molecule has 0 radical (unpaired) electrons. The van der Waals surface area contributed by atoms with Gasteiger partial charge in [0.15, 0.2) is 0 Å². The predicted molar refractivity (Wildman–Crippen MR) is 86.9 cm³/mol. The van der Waals surface area contributed by atoms with Crippen molar-refractivity contribution in [3.63, 3.8) is 0 Å². The summed E-state index contributed by atoms with van der Waals surface area (Å²) in [6.45, 7) is 9.38. The Hall–Kier alpha value is -1.35. The van der Waals surface area contributed by atoms with Crippen molar-refractivity contribution in [1.82, 2.24) is 10.2 Å². The lowest BCUT2D eigenvalue weighted by Gasteiger charge is -2.28. The zero-order valence-electron chi connectivity index (χ0n) is 13.7. The molecule has 0 saturated carbocycles. The van der Waals surface area contributed by atoms with Gasteiger partial charge in [-0.3, -0.25) is 10.1 Å². The topological polar surface area (TPSA) is 32.3 Å². The first kappa shape index (κ1) is 16.0. The first-order valence-electron chi connectivity index (χ1n) is 8.26. The number of carbonyl (C=O) groups excluding carboxylic acids is 1. The fourth-order valence-corrected chi connectivity index (χ4v) is 3.01. The van der Waals surface area contributed by atoms with Gasteiger partial charge in [0, 0.05) is 6.54 Å². The van der Waals surface area contributed by atoms with Crippen LogP contribution in [0.3, 0.4) is 0 Å². The molecular formula is C18H28N2O. The molecule has 2 rings (SSSR count). The molecule has 1 heterocycles. The Kier molecular flexibility index (Phi) is 5.40. The molecule has 0 bridgehead atoms. The highest BCUT2D eigenvalue weighted by Gasteiger charge is 2.37. The fourth-order valence-electron chi connectivity index (χ4n) is 3.01. The molecule has 116 valence electrons. The van der Waals surface area contributed by atoms with Crippen LogP contribution in [0.25, 0.3) is 0 Å². The third-order valence-electron chi connectivity index (χ3n) is 4.69. The van der Waals surface area contributed by atoms with Crippen molar-refractivity contribution in [3.05, 3.63) is 35.4 Å². The monoisotopic (exact) mass is 288 g/mol. The van der Waals surface area contributed by atoms with Gasteiger partial charge in [0.2, 0.25) is 5.91 Å². The quantitative estimate of drug-likeness (QED) is 0.869. The number of nitrogens with zero attached hydrogens (tertiary/aromatic N) is 1. The lowest BCUT2D eigenvalue weighted by Crippen LogP contribution is -2.34. The summed E-state index contributed by atoms with van der Waals surface area (Å²) in [6, 6.07) is 8.55. The van der Waals surface area contributed by atoms with Gasteiger partial charge in [0.25, 0.3) is 0 Å². The van der Waals surface area contributed by atoms with Crippen LogP contribution in [-0.2, 0) is 11.2 Å². The van der Waals surface area contributed by atoms with Crippen LogP contribution in [0.2, 0.25) is 0 Å². The summed E-state index contributed by atoms with van der Waals surface area (Å²) in [7, 11) is 0. The molecular weight excluding hydrogens is 260 g/mol. The van der Waals surface area contributed by atoms with E-state index in [9.17, 15) is 4.79 Å².